The largest absolute Gasteiger partial charge is 0.385 e. The van der Waals surface area contributed by atoms with E-state index in [1.165, 1.54) is 6.07 Å². The molecule has 3 aliphatic rings. The van der Waals surface area contributed by atoms with E-state index in [0.29, 0.717) is 32.6 Å². The Balaban J connectivity index is 1.54. The summed E-state index contributed by atoms with van der Waals surface area (Å²) in [7, 11) is 0. The highest BCUT2D eigenvalue weighted by Gasteiger charge is 2.44. The Morgan fingerprint density at radius 2 is 2.12 bits per heavy atom. The van der Waals surface area contributed by atoms with Crippen molar-refractivity contribution in [1.82, 2.24) is 9.80 Å². The minimum Gasteiger partial charge on any atom is -0.385 e. The van der Waals surface area contributed by atoms with Crippen molar-refractivity contribution >= 4 is 6.21 Å². The first-order chi connectivity index (χ1) is 12.0. The van der Waals surface area contributed by atoms with Crippen LogP contribution in [-0.2, 0) is 11.3 Å². The summed E-state index contributed by atoms with van der Waals surface area (Å²) < 4.78 is 18.8. The average Bonchev–Trinajstić information content (AvgIpc) is 2.99. The van der Waals surface area contributed by atoms with Crippen LogP contribution < -0.4 is 0 Å². The van der Waals surface area contributed by atoms with Crippen LogP contribution in [0.2, 0.25) is 0 Å². The van der Waals surface area contributed by atoms with Gasteiger partial charge in [0.25, 0.3) is 0 Å². The SMILES string of the molecule is CC1=CN2C(=CN1Cc1cccc(F)c1)C=NC2C1(O)CCOCC1. The van der Waals surface area contributed by atoms with E-state index in [2.05, 4.69) is 9.89 Å². The number of fused-ring (bicyclic) bond motifs is 1. The summed E-state index contributed by atoms with van der Waals surface area (Å²) >= 11 is 0. The Morgan fingerprint density at radius 1 is 1.32 bits per heavy atom. The fourth-order valence-electron chi connectivity index (χ4n) is 3.59. The normalized spacial score (nSPS) is 24.8. The molecule has 0 aromatic heterocycles. The monoisotopic (exact) mass is 343 g/mol. The summed E-state index contributed by atoms with van der Waals surface area (Å²) in [5, 5.41) is 11.0. The molecular weight excluding hydrogens is 321 g/mol. The van der Waals surface area contributed by atoms with Crippen LogP contribution >= 0.6 is 0 Å². The Bertz CT molecular complexity index is 753. The van der Waals surface area contributed by atoms with Crippen LogP contribution in [0.25, 0.3) is 0 Å². The van der Waals surface area contributed by atoms with Crippen LogP contribution in [-0.4, -0.2) is 46.1 Å². The molecule has 1 unspecified atom stereocenters. The maximum Gasteiger partial charge on any atom is 0.154 e. The first kappa shape index (κ1) is 16.3. The van der Waals surface area contributed by atoms with Crippen LogP contribution in [0.15, 0.2) is 53.1 Å². The minimum atomic E-state index is -0.869. The highest BCUT2D eigenvalue weighted by Crippen LogP contribution is 2.36. The smallest absolute Gasteiger partial charge is 0.154 e. The average molecular weight is 343 g/mol. The summed E-state index contributed by atoms with van der Waals surface area (Å²) in [6, 6.07) is 6.64. The summed E-state index contributed by atoms with van der Waals surface area (Å²) in [5.74, 6) is -0.227. The number of benzene rings is 1. The maximum atomic E-state index is 13.4. The van der Waals surface area contributed by atoms with Crippen molar-refractivity contribution in [3.8, 4) is 0 Å². The molecule has 4 rings (SSSR count). The molecule has 3 heterocycles. The third kappa shape index (κ3) is 3.07. The number of hydrogen-bond acceptors (Lipinski definition) is 5. The van der Waals surface area contributed by atoms with E-state index in [1.54, 1.807) is 18.3 Å². The first-order valence-electron chi connectivity index (χ1n) is 8.58. The standard InChI is InChI=1S/C19H22FN3O2/c1-14-11-23-17(10-21-18(23)19(24)5-7-25-8-6-19)13-22(14)12-15-3-2-4-16(20)9-15/h2-4,9-11,13,18,24H,5-8,12H2,1H3. The Labute approximate surface area is 146 Å². The quantitative estimate of drug-likeness (QED) is 0.916. The molecule has 5 nitrogen and oxygen atoms in total. The summed E-state index contributed by atoms with van der Waals surface area (Å²) in [6.45, 7) is 3.72. The lowest BCUT2D eigenvalue weighted by Crippen LogP contribution is -2.51. The first-order valence-corrected chi connectivity index (χ1v) is 8.58. The number of nitrogens with zero attached hydrogens (tertiary/aromatic N) is 3. The van der Waals surface area contributed by atoms with Crippen LogP contribution in [0.1, 0.15) is 25.3 Å². The van der Waals surface area contributed by atoms with Crippen molar-refractivity contribution < 1.29 is 14.2 Å². The molecule has 0 aliphatic carbocycles. The molecule has 1 saturated heterocycles. The van der Waals surface area contributed by atoms with Gasteiger partial charge in [-0.2, -0.15) is 0 Å². The van der Waals surface area contributed by atoms with Gasteiger partial charge in [-0.15, -0.1) is 0 Å². The van der Waals surface area contributed by atoms with Crippen LogP contribution in [0, 0.1) is 5.82 Å². The van der Waals surface area contributed by atoms with Gasteiger partial charge in [0, 0.05) is 56.9 Å². The fraction of sp³-hybridized carbons (Fsp3) is 0.421. The van der Waals surface area contributed by atoms with Crippen molar-refractivity contribution in [3.05, 3.63) is 59.4 Å². The fourth-order valence-corrected chi connectivity index (χ4v) is 3.59. The second-order valence-electron chi connectivity index (χ2n) is 6.86. The zero-order valence-corrected chi connectivity index (χ0v) is 14.2. The molecule has 0 radical (unpaired) electrons. The van der Waals surface area contributed by atoms with E-state index < -0.39 is 5.60 Å². The van der Waals surface area contributed by atoms with Crippen LogP contribution in [0.5, 0.6) is 0 Å². The van der Waals surface area contributed by atoms with Gasteiger partial charge in [0.15, 0.2) is 6.17 Å². The molecule has 0 amide bonds. The molecule has 0 saturated carbocycles. The molecule has 1 aromatic carbocycles. The molecule has 1 aromatic rings. The highest BCUT2D eigenvalue weighted by atomic mass is 19.1. The third-order valence-corrected chi connectivity index (χ3v) is 5.06. The zero-order chi connectivity index (χ0) is 17.4. The molecule has 132 valence electrons. The van der Waals surface area contributed by atoms with E-state index >= 15 is 0 Å². The summed E-state index contributed by atoms with van der Waals surface area (Å²) in [4.78, 5) is 8.66. The molecule has 1 N–H and O–H groups in total. The van der Waals surface area contributed by atoms with E-state index in [0.717, 1.165) is 17.0 Å². The van der Waals surface area contributed by atoms with Crippen molar-refractivity contribution in [2.24, 2.45) is 4.99 Å². The van der Waals surface area contributed by atoms with E-state index in [1.807, 2.05) is 30.3 Å². The third-order valence-electron chi connectivity index (χ3n) is 5.06. The van der Waals surface area contributed by atoms with Crippen LogP contribution in [0.4, 0.5) is 4.39 Å². The minimum absolute atomic E-state index is 0.227. The zero-order valence-electron chi connectivity index (χ0n) is 14.2. The van der Waals surface area contributed by atoms with Gasteiger partial charge in [-0.3, -0.25) is 4.99 Å². The summed E-state index contributed by atoms with van der Waals surface area (Å²) in [5.41, 5.74) is 2.00. The van der Waals surface area contributed by atoms with E-state index in [4.69, 9.17) is 4.74 Å². The second-order valence-corrected chi connectivity index (χ2v) is 6.86. The predicted molar refractivity (Wildman–Crippen MR) is 92.9 cm³/mol. The van der Waals surface area contributed by atoms with Crippen LogP contribution in [0.3, 0.4) is 0 Å². The summed E-state index contributed by atoms with van der Waals surface area (Å²) in [6.07, 6.45) is 6.68. The Hall–Kier alpha value is -2.18. The van der Waals surface area contributed by atoms with Gasteiger partial charge in [-0.1, -0.05) is 12.1 Å². The molecule has 1 atom stereocenters. The lowest BCUT2D eigenvalue weighted by atomic mass is 9.90. The van der Waals surface area contributed by atoms with Crippen molar-refractivity contribution in [2.75, 3.05) is 13.2 Å². The Kier molecular flexibility index (Phi) is 4.09. The highest BCUT2D eigenvalue weighted by molar-refractivity contribution is 5.81. The maximum absolute atomic E-state index is 13.4. The number of allylic oxidation sites excluding steroid dienone is 2. The van der Waals surface area contributed by atoms with Gasteiger partial charge in [-0.05, 0) is 24.6 Å². The second kappa shape index (κ2) is 6.28. The van der Waals surface area contributed by atoms with Gasteiger partial charge in [-0.25, -0.2) is 4.39 Å². The lowest BCUT2D eigenvalue weighted by molar-refractivity contribution is -0.0963. The topological polar surface area (TPSA) is 48.3 Å². The van der Waals surface area contributed by atoms with Gasteiger partial charge in [0.1, 0.15) is 11.4 Å². The molecule has 25 heavy (non-hydrogen) atoms. The number of hydrogen-bond donors (Lipinski definition) is 1. The molecule has 3 aliphatic heterocycles. The molecule has 0 spiro atoms. The molecule has 1 fully saturated rings. The molecular formula is C19H22FN3O2. The lowest BCUT2D eigenvalue weighted by Gasteiger charge is -2.41. The molecule has 0 bridgehead atoms. The number of aliphatic hydroxyl groups is 1. The van der Waals surface area contributed by atoms with Crippen molar-refractivity contribution in [3.63, 3.8) is 0 Å². The number of rotatable bonds is 3. The van der Waals surface area contributed by atoms with Gasteiger partial charge >= 0.3 is 0 Å². The predicted octanol–water partition coefficient (Wildman–Crippen LogP) is 2.60. The number of halogens is 1. The van der Waals surface area contributed by atoms with E-state index in [-0.39, 0.29) is 12.0 Å². The van der Waals surface area contributed by atoms with Gasteiger partial charge in [0.2, 0.25) is 0 Å². The number of aliphatic imine (C=N–C) groups is 1. The van der Waals surface area contributed by atoms with E-state index in [9.17, 15) is 9.50 Å². The van der Waals surface area contributed by atoms with Crippen molar-refractivity contribution in [2.45, 2.75) is 38.1 Å². The number of ether oxygens (including phenoxy) is 1. The molecule has 6 heteroatoms. The van der Waals surface area contributed by atoms with Gasteiger partial charge < -0.3 is 19.6 Å². The van der Waals surface area contributed by atoms with Gasteiger partial charge in [0.05, 0.1) is 5.70 Å². The van der Waals surface area contributed by atoms with Crippen molar-refractivity contribution in [1.29, 1.82) is 0 Å². The Morgan fingerprint density at radius 3 is 2.88 bits per heavy atom.